The van der Waals surface area contributed by atoms with Gasteiger partial charge in [-0.2, -0.15) is 0 Å². The lowest BCUT2D eigenvalue weighted by Gasteiger charge is -1.93. The van der Waals surface area contributed by atoms with E-state index in [9.17, 15) is 4.79 Å². The fourth-order valence-electron chi connectivity index (χ4n) is 0.203. The second-order valence-electron chi connectivity index (χ2n) is 1.03. The van der Waals surface area contributed by atoms with E-state index in [0.717, 1.165) is 0 Å². The maximum absolute atomic E-state index is 10.2. The molecule has 3 nitrogen and oxygen atoms in total. The molecule has 0 aromatic rings. The molecule has 3 N–H and O–H groups in total. The highest BCUT2D eigenvalue weighted by Crippen LogP contribution is 1.60. The molecule has 0 bridgehead atoms. The van der Waals surface area contributed by atoms with Gasteiger partial charge in [-0.25, -0.2) is 0 Å². The monoisotopic (exact) mass is 99.1 g/mol. The van der Waals surface area contributed by atoms with Gasteiger partial charge in [-0.3, -0.25) is 4.79 Å². The van der Waals surface area contributed by atoms with Crippen LogP contribution < -0.4 is 11.1 Å². The lowest BCUT2D eigenvalue weighted by Crippen LogP contribution is -2.30. The van der Waals surface area contributed by atoms with Gasteiger partial charge in [-0.1, -0.05) is 6.82 Å². The second kappa shape index (κ2) is 3.68. The molecule has 0 rings (SSSR count). The molecule has 0 aliphatic carbocycles. The van der Waals surface area contributed by atoms with Gasteiger partial charge in [0.25, 0.3) is 0 Å². The average Bonchev–Trinajstić information content (AvgIpc) is 1.68. The standard InChI is InChI=1S/C3H8BN2O/c1-4-3(7)6-2-5/h2,5H2,1H3,(H,6,7). The summed E-state index contributed by atoms with van der Waals surface area (Å²) in [6.07, 6.45) is 0. The van der Waals surface area contributed by atoms with Crippen LogP contribution in [0, 0.1) is 0 Å². The highest BCUT2D eigenvalue weighted by Gasteiger charge is 1.90. The van der Waals surface area contributed by atoms with Crippen LogP contribution in [0.2, 0.25) is 6.82 Å². The van der Waals surface area contributed by atoms with Crippen LogP contribution in [0.25, 0.3) is 0 Å². The fourth-order valence-corrected chi connectivity index (χ4v) is 0.203. The fraction of sp³-hybridized carbons (Fsp3) is 0.667. The van der Waals surface area contributed by atoms with Crippen molar-refractivity contribution in [3.8, 4) is 0 Å². The molecule has 0 heterocycles. The van der Waals surface area contributed by atoms with Gasteiger partial charge in [0.2, 0.25) is 7.28 Å². The molecule has 39 valence electrons. The van der Waals surface area contributed by atoms with Gasteiger partial charge in [0.1, 0.15) is 0 Å². The zero-order chi connectivity index (χ0) is 5.70. The van der Waals surface area contributed by atoms with E-state index in [1.165, 1.54) is 7.28 Å². The van der Waals surface area contributed by atoms with Crippen LogP contribution in [0.3, 0.4) is 0 Å². The average molecular weight is 98.9 g/mol. The molecule has 0 aromatic carbocycles. The lowest BCUT2D eigenvalue weighted by atomic mass is 9.81. The van der Waals surface area contributed by atoms with Crippen LogP contribution >= 0.6 is 0 Å². The van der Waals surface area contributed by atoms with Gasteiger partial charge in [0.15, 0.2) is 5.81 Å². The Balaban J connectivity index is 3.00. The summed E-state index contributed by atoms with van der Waals surface area (Å²) < 4.78 is 0. The van der Waals surface area contributed by atoms with Gasteiger partial charge in [-0.05, 0) is 0 Å². The minimum absolute atomic E-state index is 0.123. The maximum atomic E-state index is 10.2. The molecule has 1 radical (unpaired) electrons. The molecule has 4 heteroatoms. The van der Waals surface area contributed by atoms with Gasteiger partial charge >= 0.3 is 0 Å². The highest BCUT2D eigenvalue weighted by molar-refractivity contribution is 6.72. The van der Waals surface area contributed by atoms with E-state index < -0.39 is 0 Å². The number of carbonyl (C=O) groups is 1. The highest BCUT2D eigenvalue weighted by atomic mass is 16.1. The molecule has 1 amide bonds. The molecule has 0 fully saturated rings. The largest absolute Gasteiger partial charge is 0.353 e. The topological polar surface area (TPSA) is 55.1 Å². The van der Waals surface area contributed by atoms with E-state index in [2.05, 4.69) is 5.32 Å². The SMILES string of the molecule is C[B]C(=O)NCN. The summed E-state index contributed by atoms with van der Waals surface area (Å²) in [6.45, 7) is 1.87. The van der Waals surface area contributed by atoms with Crippen molar-refractivity contribution >= 4 is 13.1 Å². The first-order chi connectivity index (χ1) is 3.31. The molecule has 0 unspecified atom stereocenters. The van der Waals surface area contributed by atoms with Crippen molar-refractivity contribution in [2.45, 2.75) is 6.82 Å². The second-order valence-corrected chi connectivity index (χ2v) is 1.03. The summed E-state index contributed by atoms with van der Waals surface area (Å²) in [4.78, 5) is 10.2. The van der Waals surface area contributed by atoms with Crippen LogP contribution in [-0.2, 0) is 0 Å². The number of carbonyl (C=O) groups excluding carboxylic acids is 1. The van der Waals surface area contributed by atoms with Crippen molar-refractivity contribution in [2.75, 3.05) is 6.67 Å². The van der Waals surface area contributed by atoms with E-state index in [1.807, 2.05) is 0 Å². The molecule has 0 aliphatic rings. The third-order valence-corrected chi connectivity index (χ3v) is 0.538. The summed E-state index contributed by atoms with van der Waals surface area (Å²) in [6, 6.07) is 0. The summed E-state index contributed by atoms with van der Waals surface area (Å²) >= 11 is 0. The summed E-state index contributed by atoms with van der Waals surface area (Å²) in [5.41, 5.74) is 4.95. The Kier molecular flexibility index (Phi) is 3.41. The third-order valence-electron chi connectivity index (χ3n) is 0.538. The zero-order valence-corrected chi connectivity index (χ0v) is 4.27. The van der Waals surface area contributed by atoms with Crippen molar-refractivity contribution < 1.29 is 4.79 Å². The number of rotatable bonds is 2. The van der Waals surface area contributed by atoms with E-state index in [0.29, 0.717) is 0 Å². The van der Waals surface area contributed by atoms with Gasteiger partial charge in [-0.15, -0.1) is 0 Å². The molecule has 0 saturated heterocycles. The number of nitrogens with two attached hydrogens (primary N) is 1. The number of hydrogen-bond acceptors (Lipinski definition) is 2. The first-order valence-electron chi connectivity index (χ1n) is 2.08. The van der Waals surface area contributed by atoms with Crippen LogP contribution in [0.4, 0.5) is 4.79 Å². The first-order valence-corrected chi connectivity index (χ1v) is 2.08. The van der Waals surface area contributed by atoms with Crippen molar-refractivity contribution in [3.63, 3.8) is 0 Å². The molecule has 0 aliphatic heterocycles. The normalized spacial score (nSPS) is 7.71. The Hall–Kier alpha value is -0.505. The molecule has 0 spiro atoms. The maximum Gasteiger partial charge on any atom is 0.229 e. The van der Waals surface area contributed by atoms with Crippen molar-refractivity contribution in [2.24, 2.45) is 5.73 Å². The predicted octanol–water partition coefficient (Wildman–Crippen LogP) is -0.636. The van der Waals surface area contributed by atoms with E-state index in [1.54, 1.807) is 6.82 Å². The third kappa shape index (κ3) is 3.32. The molecule has 0 atom stereocenters. The van der Waals surface area contributed by atoms with Crippen LogP contribution in [0.1, 0.15) is 0 Å². The van der Waals surface area contributed by atoms with Gasteiger partial charge < -0.3 is 11.1 Å². The Morgan fingerprint density at radius 2 is 2.57 bits per heavy atom. The van der Waals surface area contributed by atoms with Crippen molar-refractivity contribution in [3.05, 3.63) is 0 Å². The molecule has 0 saturated carbocycles. The van der Waals surface area contributed by atoms with Gasteiger partial charge in [0.05, 0.1) is 6.67 Å². The van der Waals surface area contributed by atoms with E-state index in [4.69, 9.17) is 5.73 Å². The van der Waals surface area contributed by atoms with Crippen LogP contribution in [0.5, 0.6) is 0 Å². The molecule has 0 aromatic heterocycles. The number of nitrogens with one attached hydrogen (secondary N) is 1. The van der Waals surface area contributed by atoms with Crippen molar-refractivity contribution in [1.82, 2.24) is 5.32 Å². The Morgan fingerprint density at radius 1 is 2.00 bits per heavy atom. The molecule has 7 heavy (non-hydrogen) atoms. The first kappa shape index (κ1) is 6.49. The summed E-state index contributed by atoms with van der Waals surface area (Å²) in [7, 11) is 1.42. The summed E-state index contributed by atoms with van der Waals surface area (Å²) in [5, 5.41) is 2.38. The van der Waals surface area contributed by atoms with E-state index >= 15 is 0 Å². The smallest absolute Gasteiger partial charge is 0.229 e. The van der Waals surface area contributed by atoms with Crippen LogP contribution in [0.15, 0.2) is 0 Å². The quantitative estimate of drug-likeness (QED) is 0.357. The van der Waals surface area contributed by atoms with E-state index in [-0.39, 0.29) is 12.5 Å². The lowest BCUT2D eigenvalue weighted by molar-refractivity contribution is 0.259. The predicted molar refractivity (Wildman–Crippen MR) is 29.2 cm³/mol. The number of amides is 1. The Labute approximate surface area is 43.5 Å². The Bertz CT molecular complexity index is 66.0. The van der Waals surface area contributed by atoms with Gasteiger partial charge in [0, 0.05) is 0 Å². The zero-order valence-electron chi connectivity index (χ0n) is 4.27. The van der Waals surface area contributed by atoms with Crippen LogP contribution in [-0.4, -0.2) is 19.8 Å². The number of hydrogen-bond donors (Lipinski definition) is 2. The minimum Gasteiger partial charge on any atom is -0.353 e. The summed E-state index contributed by atoms with van der Waals surface area (Å²) in [5.74, 6) is -0.123. The minimum atomic E-state index is -0.123. The molecular formula is C3H8BN2O. The molecular weight excluding hydrogens is 90.9 g/mol. The Morgan fingerprint density at radius 3 is 2.71 bits per heavy atom. The van der Waals surface area contributed by atoms with Crippen molar-refractivity contribution in [1.29, 1.82) is 0 Å².